The van der Waals surface area contributed by atoms with Gasteiger partial charge in [0.2, 0.25) is 5.91 Å². The van der Waals surface area contributed by atoms with Crippen LogP contribution in [-0.2, 0) is 9.53 Å². The number of hydrogen-bond donors (Lipinski definition) is 2. The molecule has 94 valence electrons. The van der Waals surface area contributed by atoms with Gasteiger partial charge in [0.1, 0.15) is 0 Å². The molecule has 1 fully saturated rings. The Kier molecular flexibility index (Phi) is 5.73. The molecule has 5 heteroatoms. The molecular formula is C11H22N2O3. The molecule has 0 radical (unpaired) electrons. The summed E-state index contributed by atoms with van der Waals surface area (Å²) in [7, 11) is 0. The fraction of sp³-hybridized carbons (Fsp3) is 0.909. The van der Waals surface area contributed by atoms with Crippen LogP contribution in [0.3, 0.4) is 0 Å². The van der Waals surface area contributed by atoms with Gasteiger partial charge in [-0.25, -0.2) is 0 Å². The van der Waals surface area contributed by atoms with E-state index >= 15 is 0 Å². The first-order valence-electron chi connectivity index (χ1n) is 5.86. The highest BCUT2D eigenvalue weighted by atomic mass is 16.5. The maximum absolute atomic E-state index is 11.8. The maximum atomic E-state index is 11.8. The average Bonchev–Trinajstić information content (AvgIpc) is 2.29. The number of ether oxygens (including phenoxy) is 1. The molecule has 0 aromatic heterocycles. The first kappa shape index (κ1) is 13.4. The lowest BCUT2D eigenvalue weighted by atomic mass is 10.2. The van der Waals surface area contributed by atoms with Gasteiger partial charge in [-0.1, -0.05) is 0 Å². The lowest BCUT2D eigenvalue weighted by Crippen LogP contribution is -2.45. The van der Waals surface area contributed by atoms with Crippen molar-refractivity contribution in [2.24, 2.45) is 0 Å². The van der Waals surface area contributed by atoms with Crippen molar-refractivity contribution in [2.75, 3.05) is 32.9 Å². The third kappa shape index (κ3) is 4.47. The summed E-state index contributed by atoms with van der Waals surface area (Å²) in [5, 5.41) is 12.1. The van der Waals surface area contributed by atoms with E-state index in [0.717, 1.165) is 0 Å². The number of rotatable bonds is 5. The first-order chi connectivity index (χ1) is 7.63. The number of hydrogen-bond acceptors (Lipinski definition) is 4. The summed E-state index contributed by atoms with van der Waals surface area (Å²) in [5.74, 6) is 0.161. The zero-order chi connectivity index (χ0) is 12.0. The number of carbonyl (C=O) groups is 1. The summed E-state index contributed by atoms with van der Waals surface area (Å²) < 4.78 is 5.19. The number of carbonyl (C=O) groups excluding carboxylic acids is 1. The number of aliphatic hydroxyl groups excluding tert-OH is 1. The predicted octanol–water partition coefficient (Wildman–Crippen LogP) is -0.406. The molecule has 0 bridgehead atoms. The Morgan fingerprint density at radius 2 is 2.00 bits per heavy atom. The highest BCUT2D eigenvalue weighted by Gasteiger charge is 2.19. The Morgan fingerprint density at radius 1 is 1.38 bits per heavy atom. The van der Waals surface area contributed by atoms with Gasteiger partial charge in [-0.05, 0) is 13.8 Å². The maximum Gasteiger partial charge on any atom is 0.224 e. The van der Waals surface area contributed by atoms with Crippen LogP contribution in [0.25, 0.3) is 0 Å². The molecule has 0 spiro atoms. The van der Waals surface area contributed by atoms with E-state index in [1.54, 1.807) is 0 Å². The van der Waals surface area contributed by atoms with E-state index in [4.69, 9.17) is 9.84 Å². The standard InChI is InChI=1S/C11H22N2O3/c1-9(12-10(2)8-14)7-11(15)13-3-5-16-6-4-13/h9-10,12,14H,3-8H2,1-2H3/t9?,10-/m0/s1. The molecule has 0 saturated carbocycles. The molecule has 2 N–H and O–H groups in total. The van der Waals surface area contributed by atoms with Crippen molar-refractivity contribution in [1.29, 1.82) is 0 Å². The van der Waals surface area contributed by atoms with Crippen LogP contribution in [0.1, 0.15) is 20.3 Å². The van der Waals surface area contributed by atoms with Crippen LogP contribution >= 0.6 is 0 Å². The molecule has 1 unspecified atom stereocenters. The van der Waals surface area contributed by atoms with Crippen molar-refractivity contribution in [2.45, 2.75) is 32.4 Å². The molecule has 2 atom stereocenters. The monoisotopic (exact) mass is 230 g/mol. The smallest absolute Gasteiger partial charge is 0.224 e. The Hall–Kier alpha value is -0.650. The van der Waals surface area contributed by atoms with Crippen molar-refractivity contribution in [3.05, 3.63) is 0 Å². The SMILES string of the molecule is CC(CC(=O)N1CCOCC1)N[C@@H](C)CO. The van der Waals surface area contributed by atoms with E-state index in [9.17, 15) is 4.79 Å². The van der Waals surface area contributed by atoms with E-state index < -0.39 is 0 Å². The second-order valence-corrected chi connectivity index (χ2v) is 4.35. The Balaban J connectivity index is 2.26. The minimum absolute atomic E-state index is 0.0347. The molecule has 0 aromatic rings. The van der Waals surface area contributed by atoms with E-state index in [1.165, 1.54) is 0 Å². The Morgan fingerprint density at radius 3 is 2.56 bits per heavy atom. The zero-order valence-electron chi connectivity index (χ0n) is 10.1. The van der Waals surface area contributed by atoms with Crippen LogP contribution in [0, 0.1) is 0 Å². The molecule has 0 aliphatic carbocycles. The van der Waals surface area contributed by atoms with Crippen molar-refractivity contribution in [3.8, 4) is 0 Å². The molecule has 1 aliphatic rings. The summed E-state index contributed by atoms with van der Waals surface area (Å²) in [6, 6.07) is 0.130. The van der Waals surface area contributed by atoms with Crippen molar-refractivity contribution < 1.29 is 14.6 Å². The van der Waals surface area contributed by atoms with Gasteiger partial charge < -0.3 is 20.1 Å². The lowest BCUT2D eigenvalue weighted by molar-refractivity contribution is -0.135. The lowest BCUT2D eigenvalue weighted by Gasteiger charge is -2.28. The molecular weight excluding hydrogens is 208 g/mol. The summed E-state index contributed by atoms with van der Waals surface area (Å²) in [6.45, 7) is 6.62. The average molecular weight is 230 g/mol. The van der Waals surface area contributed by atoms with Crippen LogP contribution in [0.2, 0.25) is 0 Å². The second kappa shape index (κ2) is 6.83. The normalized spacial score (nSPS) is 20.6. The molecule has 0 aromatic carbocycles. The van der Waals surface area contributed by atoms with Gasteiger partial charge in [0.05, 0.1) is 19.8 Å². The Labute approximate surface area is 96.8 Å². The third-order valence-electron chi connectivity index (χ3n) is 2.69. The van der Waals surface area contributed by atoms with Crippen LogP contribution in [0.5, 0.6) is 0 Å². The van der Waals surface area contributed by atoms with E-state index in [2.05, 4.69) is 5.32 Å². The molecule has 1 amide bonds. The van der Waals surface area contributed by atoms with Gasteiger partial charge in [0.15, 0.2) is 0 Å². The number of morpholine rings is 1. The zero-order valence-corrected chi connectivity index (χ0v) is 10.1. The van der Waals surface area contributed by atoms with E-state index in [0.29, 0.717) is 32.7 Å². The molecule has 1 aliphatic heterocycles. The first-order valence-corrected chi connectivity index (χ1v) is 5.86. The Bertz CT molecular complexity index is 217. The van der Waals surface area contributed by atoms with Gasteiger partial charge in [-0.15, -0.1) is 0 Å². The topological polar surface area (TPSA) is 61.8 Å². The summed E-state index contributed by atoms with van der Waals surface area (Å²) in [6.07, 6.45) is 0.477. The second-order valence-electron chi connectivity index (χ2n) is 4.35. The highest BCUT2D eigenvalue weighted by molar-refractivity contribution is 5.76. The minimum Gasteiger partial charge on any atom is -0.395 e. The molecule has 1 heterocycles. The van der Waals surface area contributed by atoms with Crippen molar-refractivity contribution in [1.82, 2.24) is 10.2 Å². The van der Waals surface area contributed by atoms with Gasteiger partial charge >= 0.3 is 0 Å². The van der Waals surface area contributed by atoms with Gasteiger partial charge in [-0.2, -0.15) is 0 Å². The number of nitrogens with zero attached hydrogens (tertiary/aromatic N) is 1. The summed E-state index contributed by atoms with van der Waals surface area (Å²) >= 11 is 0. The molecule has 1 rings (SSSR count). The van der Waals surface area contributed by atoms with E-state index in [-0.39, 0.29) is 24.6 Å². The summed E-state index contributed by atoms with van der Waals surface area (Å²) in [4.78, 5) is 13.7. The van der Waals surface area contributed by atoms with Crippen LogP contribution in [0.15, 0.2) is 0 Å². The van der Waals surface area contributed by atoms with Crippen molar-refractivity contribution >= 4 is 5.91 Å². The van der Waals surface area contributed by atoms with Crippen LogP contribution < -0.4 is 5.32 Å². The number of aliphatic hydroxyl groups is 1. The predicted molar refractivity (Wildman–Crippen MR) is 61.2 cm³/mol. The summed E-state index contributed by atoms with van der Waals surface area (Å²) in [5.41, 5.74) is 0. The number of nitrogens with one attached hydrogen (secondary N) is 1. The quantitative estimate of drug-likeness (QED) is 0.674. The molecule has 1 saturated heterocycles. The van der Waals surface area contributed by atoms with Gasteiger partial charge in [-0.3, -0.25) is 4.79 Å². The van der Waals surface area contributed by atoms with Gasteiger partial charge in [0.25, 0.3) is 0 Å². The fourth-order valence-corrected chi connectivity index (χ4v) is 1.80. The van der Waals surface area contributed by atoms with Gasteiger partial charge in [0, 0.05) is 31.6 Å². The van der Waals surface area contributed by atoms with Crippen molar-refractivity contribution in [3.63, 3.8) is 0 Å². The molecule has 16 heavy (non-hydrogen) atoms. The number of amides is 1. The van der Waals surface area contributed by atoms with Crippen LogP contribution in [-0.4, -0.2) is 60.9 Å². The third-order valence-corrected chi connectivity index (χ3v) is 2.69. The largest absolute Gasteiger partial charge is 0.395 e. The highest BCUT2D eigenvalue weighted by Crippen LogP contribution is 2.03. The van der Waals surface area contributed by atoms with Crippen LogP contribution in [0.4, 0.5) is 0 Å². The fourth-order valence-electron chi connectivity index (χ4n) is 1.80. The molecule has 5 nitrogen and oxygen atoms in total. The minimum atomic E-state index is 0.0347. The van der Waals surface area contributed by atoms with E-state index in [1.807, 2.05) is 18.7 Å².